The number of nitrogens with zero attached hydrogens (tertiary/aromatic N) is 8. The maximum absolute atomic E-state index is 14.7. The van der Waals surface area contributed by atoms with Crippen LogP contribution < -0.4 is 30.9 Å². The molecule has 3 fully saturated rings. The number of likely N-dealkylation sites (N-methyl/N-ethyl adjacent to an activating group) is 1. The van der Waals surface area contributed by atoms with Crippen molar-refractivity contribution in [2.24, 2.45) is 5.92 Å². The summed E-state index contributed by atoms with van der Waals surface area (Å²) in [5.41, 5.74) is 4.36. The molecule has 76 heavy (non-hydrogen) atoms. The summed E-state index contributed by atoms with van der Waals surface area (Å²) in [6, 6.07) is 19.3. The van der Waals surface area contributed by atoms with Crippen molar-refractivity contribution in [3.8, 4) is 5.75 Å². The first-order valence-electron chi connectivity index (χ1n) is 25.9. The Labute approximate surface area is 443 Å². The monoisotopic (exact) mass is 1050 g/mol. The number of benzene rings is 3. The number of piperidine rings is 1. The molecule has 0 radical (unpaired) electrons. The van der Waals surface area contributed by atoms with Crippen molar-refractivity contribution in [3.63, 3.8) is 0 Å². The summed E-state index contributed by atoms with van der Waals surface area (Å²) in [5.74, 6) is 0.257. The third-order valence-corrected chi connectivity index (χ3v) is 17.5. The van der Waals surface area contributed by atoms with Crippen LogP contribution in [0.4, 0.5) is 17.6 Å². The van der Waals surface area contributed by atoms with Crippen molar-refractivity contribution >= 4 is 62.0 Å². The van der Waals surface area contributed by atoms with Gasteiger partial charge in [-0.1, -0.05) is 60.7 Å². The van der Waals surface area contributed by atoms with Crippen LogP contribution in [0.1, 0.15) is 98.6 Å². The van der Waals surface area contributed by atoms with Crippen LogP contribution in [0.15, 0.2) is 96.4 Å². The molecule has 6 heterocycles. The highest BCUT2D eigenvalue weighted by atomic mass is 32.2. The molecule has 4 atom stereocenters. The average Bonchev–Trinajstić information content (AvgIpc) is 4.00. The lowest BCUT2D eigenvalue weighted by molar-refractivity contribution is -0.145. The zero-order valence-corrected chi connectivity index (χ0v) is 44.9. The number of nitrogens with one attached hydrogen (secondary N) is 5. The summed E-state index contributed by atoms with van der Waals surface area (Å²) in [6.07, 6.45) is 7.23. The van der Waals surface area contributed by atoms with Gasteiger partial charge >= 0.3 is 0 Å². The van der Waals surface area contributed by atoms with Crippen LogP contribution in [0.3, 0.4) is 0 Å². The normalized spacial score (nSPS) is 19.0. The molecule has 0 aliphatic carbocycles. The summed E-state index contributed by atoms with van der Waals surface area (Å²) in [5, 5.41) is 20.1. The Morgan fingerprint density at radius 2 is 1.53 bits per heavy atom. The van der Waals surface area contributed by atoms with E-state index in [1.54, 1.807) is 56.7 Å². The Balaban J connectivity index is 0.855. The predicted molar refractivity (Wildman–Crippen MR) is 288 cm³/mol. The van der Waals surface area contributed by atoms with Gasteiger partial charge in [0.2, 0.25) is 23.7 Å². The zero-order valence-electron chi connectivity index (χ0n) is 44.0. The lowest BCUT2D eigenvalue weighted by atomic mass is 9.98. The number of anilines is 3. The van der Waals surface area contributed by atoms with Crippen LogP contribution in [-0.4, -0.2) is 141 Å². The minimum atomic E-state index is -3.88. The number of sulfone groups is 1. The van der Waals surface area contributed by atoms with E-state index in [0.717, 1.165) is 22.4 Å². The average molecular weight is 1050 g/mol. The minimum absolute atomic E-state index is 0.0533. The predicted octanol–water partition coefficient (Wildman–Crippen LogP) is 5.57. The van der Waals surface area contributed by atoms with E-state index in [0.29, 0.717) is 73.7 Å². The molecule has 3 saturated heterocycles. The first-order valence-corrected chi connectivity index (χ1v) is 27.4. The van der Waals surface area contributed by atoms with Crippen molar-refractivity contribution in [3.05, 3.63) is 119 Å². The van der Waals surface area contributed by atoms with Gasteiger partial charge in [-0.2, -0.15) is 5.10 Å². The molecular formula is C55H67N13O7S. The van der Waals surface area contributed by atoms with Crippen LogP contribution in [0.25, 0.3) is 10.9 Å². The van der Waals surface area contributed by atoms with Crippen LogP contribution in [0.5, 0.6) is 5.75 Å². The molecule has 0 unspecified atom stereocenters. The summed E-state index contributed by atoms with van der Waals surface area (Å²) >= 11 is 0. The zero-order chi connectivity index (χ0) is 53.9. The van der Waals surface area contributed by atoms with E-state index < -0.39 is 50.6 Å². The van der Waals surface area contributed by atoms with Crippen LogP contribution in [0, 0.1) is 19.8 Å². The van der Waals surface area contributed by atoms with Crippen molar-refractivity contribution in [2.45, 2.75) is 113 Å². The number of carbonyl (C=O) groups excluding carboxylic acids is 4. The highest BCUT2D eigenvalue weighted by molar-refractivity contribution is 7.92. The van der Waals surface area contributed by atoms with Gasteiger partial charge in [-0.15, -0.1) is 0 Å². The van der Waals surface area contributed by atoms with Crippen LogP contribution >= 0.6 is 0 Å². The number of ether oxygens (including phenoxy) is 1. The number of hydrogen-bond donors (Lipinski definition) is 5. The molecule has 3 aliphatic rings. The topological polar surface area (TPSA) is 250 Å². The summed E-state index contributed by atoms with van der Waals surface area (Å²) in [4.78, 5) is 80.3. The lowest BCUT2D eigenvalue weighted by Crippen LogP contribution is -2.62. The first kappa shape index (κ1) is 53.3. The molecule has 0 spiro atoms. The highest BCUT2D eigenvalue weighted by Gasteiger charge is 2.46. The molecule has 0 saturated carbocycles. The third-order valence-electron chi connectivity index (χ3n) is 15.0. The first-order chi connectivity index (χ1) is 36.4. The highest BCUT2D eigenvalue weighted by Crippen LogP contribution is 2.38. The Kier molecular flexibility index (Phi) is 15.7. The molecule has 21 heteroatoms. The van der Waals surface area contributed by atoms with Gasteiger partial charge in [0.1, 0.15) is 34.9 Å². The fraction of sp³-hybridized carbons (Fsp3) is 0.436. The molecule has 3 aromatic carbocycles. The van der Waals surface area contributed by atoms with Crippen LogP contribution in [-0.2, 0) is 24.2 Å². The van der Waals surface area contributed by atoms with E-state index in [9.17, 15) is 27.6 Å². The quantitative estimate of drug-likeness (QED) is 0.0843. The SMILES string of the molecule is CN[C@@H](C)C(=O)N[C@H]1CN(C(=O)c2cnc(N3CCC(COc4cc5ncnc(Nc6n[nH]c(C)c6C)c5cc4S(=O)(=O)C(C)(C)C)CC3)nc2)CC[C@H]2CC[C@@H](C(=O)NC(c3ccccc3)c3ccccc3)N2C1=O. The van der Waals surface area contributed by atoms with E-state index in [1.807, 2.05) is 79.4 Å². The van der Waals surface area contributed by atoms with E-state index in [-0.39, 0.29) is 59.7 Å². The Hall–Kier alpha value is -7.52. The number of carbonyl (C=O) groups is 4. The van der Waals surface area contributed by atoms with Gasteiger partial charge in [0.15, 0.2) is 15.7 Å². The van der Waals surface area contributed by atoms with Gasteiger partial charge < -0.3 is 40.7 Å². The van der Waals surface area contributed by atoms with Crippen molar-refractivity contribution < 1.29 is 32.3 Å². The number of aryl methyl sites for hydroxylation is 1. The van der Waals surface area contributed by atoms with E-state index in [4.69, 9.17) is 4.74 Å². The summed E-state index contributed by atoms with van der Waals surface area (Å²) < 4.78 is 33.5. The second kappa shape index (κ2) is 22.4. The molecule has 20 nitrogen and oxygen atoms in total. The second-order valence-electron chi connectivity index (χ2n) is 21.0. The molecule has 3 aromatic heterocycles. The van der Waals surface area contributed by atoms with Gasteiger partial charge in [-0.05, 0) is 104 Å². The van der Waals surface area contributed by atoms with Crippen molar-refractivity contribution in [2.75, 3.05) is 50.1 Å². The number of aromatic nitrogens is 6. The number of rotatable bonds is 15. The standard InChI is InChI=1S/C55H67N13O7S/c1-33-34(2)64-65-48(33)63-49-41-26-46(76(73,74)55(4,5)6)45(27-42(41)59-32-60-49)75-31-36-20-23-66(24-21-36)54-57-28-39(29-58-54)52(71)67-25-22-40-18-19-44(68(40)53(72)43(30-67)61-50(69)35(3)56-7)51(70)62-47(37-14-10-8-11-15-37)38-16-12-9-13-17-38/h8-17,26-29,32,35-36,40,43-44,47,56H,18-25,30-31H2,1-7H3,(H,61,69)(H,62,70)(H2,59,60,63,64,65)/t35-,40+,43-,44-/m0/s1. The van der Waals surface area contributed by atoms with Gasteiger partial charge in [-0.25, -0.2) is 28.4 Å². The Bertz CT molecular complexity index is 3140. The Morgan fingerprint density at radius 3 is 2.14 bits per heavy atom. The smallest absolute Gasteiger partial charge is 0.257 e. The molecular weight excluding hydrogens is 987 g/mol. The number of amides is 4. The van der Waals surface area contributed by atoms with E-state index >= 15 is 0 Å². The molecule has 0 bridgehead atoms. The number of hydrogen-bond acceptors (Lipinski definition) is 15. The molecule has 4 amide bonds. The number of H-pyrrole nitrogens is 1. The van der Waals surface area contributed by atoms with Gasteiger partial charge in [0.25, 0.3) is 5.91 Å². The minimum Gasteiger partial charge on any atom is -0.492 e. The van der Waals surface area contributed by atoms with Gasteiger partial charge in [0.05, 0.1) is 41.1 Å². The molecule has 6 aromatic rings. The number of fused-ring (bicyclic) bond motifs is 2. The van der Waals surface area contributed by atoms with Crippen LogP contribution in [0.2, 0.25) is 0 Å². The Morgan fingerprint density at radius 1 is 0.855 bits per heavy atom. The van der Waals surface area contributed by atoms with E-state index in [1.165, 1.54) is 18.7 Å². The molecule has 5 N–H and O–H groups in total. The second-order valence-corrected chi connectivity index (χ2v) is 23.7. The van der Waals surface area contributed by atoms with Crippen molar-refractivity contribution in [1.29, 1.82) is 0 Å². The summed E-state index contributed by atoms with van der Waals surface area (Å²) in [7, 11) is -2.23. The summed E-state index contributed by atoms with van der Waals surface area (Å²) in [6.45, 7) is 12.1. The number of aromatic amines is 1. The largest absolute Gasteiger partial charge is 0.492 e. The molecule has 3 aliphatic heterocycles. The van der Waals surface area contributed by atoms with E-state index in [2.05, 4.69) is 51.4 Å². The fourth-order valence-corrected chi connectivity index (χ4v) is 11.4. The lowest BCUT2D eigenvalue weighted by Gasteiger charge is -2.39. The fourth-order valence-electron chi connectivity index (χ4n) is 10.1. The molecule has 400 valence electrons. The van der Waals surface area contributed by atoms with Crippen molar-refractivity contribution in [1.82, 2.24) is 55.9 Å². The van der Waals surface area contributed by atoms with Gasteiger partial charge in [-0.3, -0.25) is 24.3 Å². The third kappa shape index (κ3) is 11.2. The molecule has 9 rings (SSSR count). The maximum atomic E-state index is 14.7. The maximum Gasteiger partial charge on any atom is 0.257 e. The van der Waals surface area contributed by atoms with Gasteiger partial charge in [0, 0.05) is 60.8 Å².